The second-order valence-corrected chi connectivity index (χ2v) is 6.22. The Labute approximate surface area is 134 Å². The van der Waals surface area contributed by atoms with Crippen molar-refractivity contribution < 1.29 is 4.92 Å². The predicted octanol–water partition coefficient (Wildman–Crippen LogP) is 5.86. The van der Waals surface area contributed by atoms with Crippen molar-refractivity contribution in [3.05, 3.63) is 62.6 Å². The second kappa shape index (κ2) is 5.52. The van der Waals surface area contributed by atoms with Gasteiger partial charge in [0, 0.05) is 25.8 Å². The molecule has 1 aromatic heterocycles. The number of nitro groups is 1. The number of thiophene rings is 1. The lowest BCUT2D eigenvalue weighted by Gasteiger charge is -2.05. The molecule has 0 radical (unpaired) electrons. The standard InChI is InChI=1S/C14H8Cl2N2O2S/c15-8-1-4-10(5-2-8)17-13-11-7-9(16)3-6-12(11)21-14(13)18(19)20/h1-7,17H. The number of nitrogens with one attached hydrogen (secondary N) is 1. The first-order chi connectivity index (χ1) is 10.0. The molecule has 0 amide bonds. The molecule has 0 saturated carbocycles. The van der Waals surface area contributed by atoms with Crippen molar-refractivity contribution in [2.75, 3.05) is 5.32 Å². The van der Waals surface area contributed by atoms with Gasteiger partial charge in [-0.1, -0.05) is 34.5 Å². The van der Waals surface area contributed by atoms with Gasteiger partial charge in [0.05, 0.1) is 4.92 Å². The highest BCUT2D eigenvalue weighted by Crippen LogP contribution is 2.43. The number of benzene rings is 2. The number of nitrogens with zero attached hydrogens (tertiary/aromatic N) is 1. The summed E-state index contributed by atoms with van der Waals surface area (Å²) in [5.74, 6) is 0. The van der Waals surface area contributed by atoms with Crippen LogP contribution < -0.4 is 5.32 Å². The summed E-state index contributed by atoms with van der Waals surface area (Å²) in [5, 5.41) is 16.3. The highest BCUT2D eigenvalue weighted by Gasteiger charge is 2.21. The first kappa shape index (κ1) is 14.1. The fourth-order valence-corrected chi connectivity index (χ4v) is 3.23. The first-order valence-corrected chi connectivity index (χ1v) is 7.51. The molecule has 1 N–H and O–H groups in total. The van der Waals surface area contributed by atoms with Crippen LogP contribution in [-0.2, 0) is 0 Å². The summed E-state index contributed by atoms with van der Waals surface area (Å²) in [7, 11) is 0. The highest BCUT2D eigenvalue weighted by molar-refractivity contribution is 7.23. The van der Waals surface area contributed by atoms with Gasteiger partial charge in [-0.25, -0.2) is 0 Å². The van der Waals surface area contributed by atoms with Crippen LogP contribution in [0.5, 0.6) is 0 Å². The van der Waals surface area contributed by atoms with Crippen LogP contribution in [0.3, 0.4) is 0 Å². The van der Waals surface area contributed by atoms with Gasteiger partial charge in [-0.15, -0.1) is 0 Å². The lowest BCUT2D eigenvalue weighted by Crippen LogP contribution is -1.93. The number of hydrogen-bond acceptors (Lipinski definition) is 4. The van der Waals surface area contributed by atoms with Gasteiger partial charge in [0.25, 0.3) is 0 Å². The molecule has 0 unspecified atom stereocenters. The molecular formula is C14H8Cl2N2O2S. The Morgan fingerprint density at radius 3 is 2.38 bits per heavy atom. The van der Waals surface area contributed by atoms with Crippen LogP contribution in [0.25, 0.3) is 10.1 Å². The van der Waals surface area contributed by atoms with Crippen LogP contribution in [0, 0.1) is 10.1 Å². The van der Waals surface area contributed by atoms with Crippen LogP contribution in [0.2, 0.25) is 10.0 Å². The quantitative estimate of drug-likeness (QED) is 0.480. The minimum atomic E-state index is -0.392. The Morgan fingerprint density at radius 1 is 1.05 bits per heavy atom. The number of halogens is 2. The van der Waals surface area contributed by atoms with E-state index in [2.05, 4.69) is 5.32 Å². The van der Waals surface area contributed by atoms with Crippen molar-refractivity contribution in [2.45, 2.75) is 0 Å². The number of hydrogen-bond donors (Lipinski definition) is 1. The summed E-state index contributed by atoms with van der Waals surface area (Å²) in [6.45, 7) is 0. The topological polar surface area (TPSA) is 55.2 Å². The second-order valence-electron chi connectivity index (χ2n) is 4.31. The Bertz CT molecular complexity index is 831. The van der Waals surface area contributed by atoms with Gasteiger partial charge in [0.2, 0.25) is 0 Å². The lowest BCUT2D eigenvalue weighted by molar-refractivity contribution is -0.379. The molecule has 0 spiro atoms. The minimum Gasteiger partial charge on any atom is -0.349 e. The van der Waals surface area contributed by atoms with Crippen molar-refractivity contribution >= 4 is 61.0 Å². The molecule has 7 heteroatoms. The Balaban J connectivity index is 2.14. The third-order valence-corrected chi connectivity index (χ3v) is 4.52. The maximum absolute atomic E-state index is 11.2. The van der Waals surface area contributed by atoms with E-state index >= 15 is 0 Å². The SMILES string of the molecule is O=[N+]([O-])c1sc2ccc(Cl)cc2c1Nc1ccc(Cl)cc1. The third-order valence-electron chi connectivity index (χ3n) is 2.91. The molecule has 106 valence electrons. The molecule has 0 saturated heterocycles. The molecule has 0 aliphatic rings. The average molecular weight is 339 g/mol. The highest BCUT2D eigenvalue weighted by atomic mass is 35.5. The van der Waals surface area contributed by atoms with Crippen LogP contribution in [-0.4, -0.2) is 4.92 Å². The molecule has 0 atom stereocenters. The number of fused-ring (bicyclic) bond motifs is 1. The zero-order valence-electron chi connectivity index (χ0n) is 10.5. The smallest absolute Gasteiger partial charge is 0.348 e. The van der Waals surface area contributed by atoms with E-state index in [-0.39, 0.29) is 5.00 Å². The lowest BCUT2D eigenvalue weighted by atomic mass is 10.2. The van der Waals surface area contributed by atoms with E-state index in [1.807, 2.05) is 0 Å². The van der Waals surface area contributed by atoms with Crippen LogP contribution in [0.1, 0.15) is 0 Å². The van der Waals surface area contributed by atoms with Crippen molar-refractivity contribution in [1.29, 1.82) is 0 Å². The molecule has 3 rings (SSSR count). The normalized spacial score (nSPS) is 10.8. The summed E-state index contributed by atoms with van der Waals surface area (Å²) in [5.41, 5.74) is 1.17. The van der Waals surface area contributed by atoms with Gasteiger partial charge in [-0.3, -0.25) is 10.1 Å². The van der Waals surface area contributed by atoms with E-state index < -0.39 is 4.92 Å². The summed E-state index contributed by atoms with van der Waals surface area (Å²) in [6, 6.07) is 12.2. The zero-order valence-corrected chi connectivity index (χ0v) is 12.8. The van der Waals surface area contributed by atoms with E-state index in [4.69, 9.17) is 23.2 Å². The maximum Gasteiger partial charge on any atom is 0.348 e. The van der Waals surface area contributed by atoms with Crippen molar-refractivity contribution in [3.8, 4) is 0 Å². The van der Waals surface area contributed by atoms with Crippen molar-refractivity contribution in [2.24, 2.45) is 0 Å². The molecular weight excluding hydrogens is 331 g/mol. The van der Waals surface area contributed by atoms with E-state index in [0.717, 1.165) is 27.1 Å². The predicted molar refractivity (Wildman–Crippen MR) is 88.2 cm³/mol. The van der Waals surface area contributed by atoms with E-state index in [0.29, 0.717) is 15.7 Å². The number of anilines is 2. The number of rotatable bonds is 3. The first-order valence-electron chi connectivity index (χ1n) is 5.93. The van der Waals surface area contributed by atoms with Crippen molar-refractivity contribution in [1.82, 2.24) is 0 Å². The molecule has 4 nitrogen and oxygen atoms in total. The fraction of sp³-hybridized carbons (Fsp3) is 0. The molecule has 21 heavy (non-hydrogen) atoms. The Morgan fingerprint density at radius 2 is 1.71 bits per heavy atom. The van der Waals surface area contributed by atoms with E-state index in [1.54, 1.807) is 42.5 Å². The molecule has 2 aromatic carbocycles. The van der Waals surface area contributed by atoms with Crippen LogP contribution in [0.4, 0.5) is 16.4 Å². The van der Waals surface area contributed by atoms with Gasteiger partial charge in [-0.05, 0) is 42.5 Å². The largest absolute Gasteiger partial charge is 0.349 e. The molecule has 3 aromatic rings. The molecule has 0 aliphatic heterocycles. The van der Waals surface area contributed by atoms with E-state index in [1.165, 1.54) is 0 Å². The summed E-state index contributed by atoms with van der Waals surface area (Å²) in [6.07, 6.45) is 0. The molecule has 0 fully saturated rings. The minimum absolute atomic E-state index is 0.0576. The summed E-state index contributed by atoms with van der Waals surface area (Å²) in [4.78, 5) is 10.9. The van der Waals surface area contributed by atoms with Gasteiger partial charge in [0.15, 0.2) is 0 Å². The monoisotopic (exact) mass is 338 g/mol. The Kier molecular flexibility index (Phi) is 3.71. The average Bonchev–Trinajstić information content (AvgIpc) is 2.80. The van der Waals surface area contributed by atoms with Crippen molar-refractivity contribution in [3.63, 3.8) is 0 Å². The van der Waals surface area contributed by atoms with E-state index in [9.17, 15) is 10.1 Å². The maximum atomic E-state index is 11.2. The molecule has 1 heterocycles. The van der Waals surface area contributed by atoms with Gasteiger partial charge < -0.3 is 5.32 Å². The fourth-order valence-electron chi connectivity index (χ4n) is 1.98. The van der Waals surface area contributed by atoms with Crippen LogP contribution >= 0.6 is 34.5 Å². The van der Waals surface area contributed by atoms with Crippen LogP contribution in [0.15, 0.2) is 42.5 Å². The molecule has 0 bridgehead atoms. The van der Waals surface area contributed by atoms with Gasteiger partial charge in [0.1, 0.15) is 5.69 Å². The van der Waals surface area contributed by atoms with Gasteiger partial charge >= 0.3 is 5.00 Å². The summed E-state index contributed by atoms with van der Waals surface area (Å²) >= 11 is 12.9. The zero-order chi connectivity index (χ0) is 15.0. The Hall–Kier alpha value is -1.82. The third kappa shape index (κ3) is 2.81. The summed E-state index contributed by atoms with van der Waals surface area (Å²) < 4.78 is 0.808. The molecule has 0 aliphatic carbocycles. The van der Waals surface area contributed by atoms with Gasteiger partial charge in [-0.2, -0.15) is 0 Å².